The van der Waals surface area contributed by atoms with E-state index in [1.165, 1.54) is 0 Å². The largest absolute Gasteiger partial charge is 0.487 e. The van der Waals surface area contributed by atoms with Crippen LogP contribution in [0.1, 0.15) is 71.4 Å². The quantitative estimate of drug-likeness (QED) is 0.589. The van der Waals surface area contributed by atoms with E-state index in [1.54, 1.807) is 35.6 Å². The number of hydrogen-bond donors (Lipinski definition) is 1. The molecule has 0 spiro atoms. The van der Waals surface area contributed by atoms with E-state index in [4.69, 9.17) is 9.26 Å². The van der Waals surface area contributed by atoms with E-state index in [-0.39, 0.29) is 17.9 Å². The maximum atomic E-state index is 12.7. The Morgan fingerprint density at radius 3 is 2.66 bits per heavy atom. The summed E-state index contributed by atoms with van der Waals surface area (Å²) in [6.45, 7) is 6.41. The predicted octanol–water partition coefficient (Wildman–Crippen LogP) is 4.42. The minimum atomic E-state index is -0.327. The van der Waals surface area contributed by atoms with Gasteiger partial charge >= 0.3 is 0 Å². The van der Waals surface area contributed by atoms with E-state index in [9.17, 15) is 4.79 Å². The number of hydrogen-bond acceptors (Lipinski definition) is 7. The van der Waals surface area contributed by atoms with Gasteiger partial charge in [-0.3, -0.25) is 4.79 Å². The first-order valence-corrected chi connectivity index (χ1v) is 10.7. The molecule has 1 amide bonds. The third kappa shape index (κ3) is 4.82. The zero-order valence-electron chi connectivity index (χ0n) is 16.7. The molecule has 3 aromatic rings. The van der Waals surface area contributed by atoms with Crippen molar-refractivity contribution in [3.05, 3.63) is 57.6 Å². The monoisotopic (exact) mass is 412 g/mol. The highest BCUT2D eigenvalue weighted by Gasteiger charge is 2.31. The lowest BCUT2D eigenvalue weighted by atomic mass is 10.0. The molecule has 1 N–H and O–H groups in total. The average molecular weight is 413 g/mol. The number of thiazole rings is 1. The zero-order valence-corrected chi connectivity index (χ0v) is 17.5. The molecule has 1 fully saturated rings. The number of ether oxygens (including phenoxy) is 1. The van der Waals surface area contributed by atoms with Crippen LogP contribution in [-0.2, 0) is 6.61 Å². The Kier molecular flexibility index (Phi) is 5.62. The van der Waals surface area contributed by atoms with E-state index in [0.29, 0.717) is 29.7 Å². The first kappa shape index (κ1) is 19.6. The topological polar surface area (TPSA) is 90.1 Å². The van der Waals surface area contributed by atoms with Crippen molar-refractivity contribution in [1.82, 2.24) is 20.4 Å². The van der Waals surface area contributed by atoms with Crippen molar-refractivity contribution in [3.63, 3.8) is 0 Å². The van der Waals surface area contributed by atoms with Gasteiger partial charge in [-0.1, -0.05) is 19.0 Å². The molecule has 29 heavy (non-hydrogen) atoms. The number of carbonyl (C=O) groups is 1. The maximum absolute atomic E-state index is 12.7. The molecule has 7 nitrogen and oxygen atoms in total. The van der Waals surface area contributed by atoms with Crippen molar-refractivity contribution in [1.29, 1.82) is 0 Å². The van der Waals surface area contributed by atoms with Gasteiger partial charge in [-0.25, -0.2) is 4.98 Å². The number of benzene rings is 1. The smallest absolute Gasteiger partial charge is 0.251 e. The summed E-state index contributed by atoms with van der Waals surface area (Å²) in [5.74, 6) is 2.26. The summed E-state index contributed by atoms with van der Waals surface area (Å²) in [4.78, 5) is 21.6. The molecular formula is C21H24N4O3S. The van der Waals surface area contributed by atoms with Gasteiger partial charge in [0.1, 0.15) is 18.4 Å². The number of carbonyl (C=O) groups excluding carboxylic acids is 1. The van der Waals surface area contributed by atoms with E-state index >= 15 is 0 Å². The highest BCUT2D eigenvalue weighted by Crippen LogP contribution is 2.38. The molecule has 0 bridgehead atoms. The van der Waals surface area contributed by atoms with Crippen LogP contribution in [0.15, 0.2) is 34.2 Å². The lowest BCUT2D eigenvalue weighted by molar-refractivity contribution is 0.0914. The van der Waals surface area contributed by atoms with Gasteiger partial charge in [0.15, 0.2) is 5.82 Å². The van der Waals surface area contributed by atoms with Crippen molar-refractivity contribution in [2.45, 2.75) is 52.2 Å². The van der Waals surface area contributed by atoms with Crippen LogP contribution >= 0.6 is 11.3 Å². The lowest BCUT2D eigenvalue weighted by Crippen LogP contribution is -2.32. The third-order valence-electron chi connectivity index (χ3n) is 4.79. The highest BCUT2D eigenvalue weighted by molar-refractivity contribution is 7.09. The van der Waals surface area contributed by atoms with Crippen molar-refractivity contribution in [2.75, 3.05) is 0 Å². The van der Waals surface area contributed by atoms with Gasteiger partial charge < -0.3 is 14.6 Å². The van der Waals surface area contributed by atoms with Crippen LogP contribution in [0.3, 0.4) is 0 Å². The summed E-state index contributed by atoms with van der Waals surface area (Å²) < 4.78 is 11.2. The predicted molar refractivity (Wildman–Crippen MR) is 109 cm³/mol. The zero-order chi connectivity index (χ0) is 20.4. The van der Waals surface area contributed by atoms with Crippen LogP contribution in [-0.4, -0.2) is 21.0 Å². The molecule has 1 atom stereocenters. The van der Waals surface area contributed by atoms with Crippen molar-refractivity contribution < 1.29 is 14.1 Å². The molecule has 152 valence electrons. The van der Waals surface area contributed by atoms with Gasteiger partial charge in [-0.05, 0) is 49.9 Å². The van der Waals surface area contributed by atoms with Crippen LogP contribution in [0.4, 0.5) is 0 Å². The van der Waals surface area contributed by atoms with Crippen molar-refractivity contribution in [2.24, 2.45) is 5.92 Å². The Balaban J connectivity index is 1.38. The summed E-state index contributed by atoms with van der Waals surface area (Å²) in [7, 11) is 0. The molecule has 1 aliphatic rings. The van der Waals surface area contributed by atoms with Crippen molar-refractivity contribution in [3.8, 4) is 5.75 Å². The Morgan fingerprint density at radius 1 is 1.28 bits per heavy atom. The van der Waals surface area contributed by atoms with Gasteiger partial charge in [0.2, 0.25) is 5.89 Å². The lowest BCUT2D eigenvalue weighted by Gasteiger charge is -2.18. The fraction of sp³-hybridized carbons (Fsp3) is 0.429. The Hall–Kier alpha value is -2.74. The van der Waals surface area contributed by atoms with Crippen molar-refractivity contribution >= 4 is 17.2 Å². The number of nitrogens with zero attached hydrogens (tertiary/aromatic N) is 3. The minimum Gasteiger partial charge on any atom is -0.487 e. The molecule has 4 rings (SSSR count). The van der Waals surface area contributed by atoms with E-state index in [2.05, 4.69) is 20.4 Å². The van der Waals surface area contributed by atoms with Crippen LogP contribution in [0.5, 0.6) is 5.75 Å². The number of rotatable bonds is 8. The molecule has 0 aliphatic heterocycles. The standard InChI is InChI=1S/C21H24N4O3S/c1-12(2)18(21-24-19(25-28-21)14-4-5-14)23-20(26)15-6-8-17(9-7-15)27-10-16-11-29-13(3)22-16/h6-9,11-12,14,18H,4-5,10H2,1-3H3,(H,23,26). The van der Waals surface area contributed by atoms with E-state index < -0.39 is 0 Å². The summed E-state index contributed by atoms with van der Waals surface area (Å²) in [6, 6.07) is 6.74. The molecule has 2 heterocycles. The molecule has 1 aromatic carbocycles. The van der Waals surface area contributed by atoms with Gasteiger partial charge in [0, 0.05) is 16.9 Å². The molecule has 8 heteroatoms. The third-order valence-corrected chi connectivity index (χ3v) is 5.61. The van der Waals surface area contributed by atoms with Crippen LogP contribution in [0.25, 0.3) is 0 Å². The highest BCUT2D eigenvalue weighted by atomic mass is 32.1. The van der Waals surface area contributed by atoms with Crippen LogP contribution < -0.4 is 10.1 Å². The van der Waals surface area contributed by atoms with Crippen LogP contribution in [0, 0.1) is 12.8 Å². The second kappa shape index (κ2) is 8.32. The number of amides is 1. The molecule has 0 radical (unpaired) electrons. The molecule has 1 saturated carbocycles. The summed E-state index contributed by atoms with van der Waals surface area (Å²) in [6.07, 6.45) is 2.21. The SMILES string of the molecule is Cc1nc(COc2ccc(C(=O)NC(c3nc(C4CC4)no3)C(C)C)cc2)cs1. The van der Waals surface area contributed by atoms with E-state index in [0.717, 1.165) is 29.4 Å². The van der Waals surface area contributed by atoms with Gasteiger partial charge in [0.25, 0.3) is 5.91 Å². The molecule has 1 aliphatic carbocycles. The Bertz CT molecular complexity index is 976. The number of aromatic nitrogens is 3. The first-order chi connectivity index (χ1) is 14.0. The first-order valence-electron chi connectivity index (χ1n) is 9.78. The van der Waals surface area contributed by atoms with Gasteiger partial charge in [0.05, 0.1) is 10.7 Å². The molecule has 2 aromatic heterocycles. The number of aryl methyl sites for hydroxylation is 1. The van der Waals surface area contributed by atoms with Gasteiger partial charge in [-0.15, -0.1) is 11.3 Å². The molecule has 1 unspecified atom stereocenters. The molecular weight excluding hydrogens is 388 g/mol. The second-order valence-electron chi connectivity index (χ2n) is 7.63. The summed E-state index contributed by atoms with van der Waals surface area (Å²) in [5.41, 5.74) is 1.45. The Morgan fingerprint density at radius 2 is 2.03 bits per heavy atom. The normalized spacial score (nSPS) is 14.8. The minimum absolute atomic E-state index is 0.121. The second-order valence-corrected chi connectivity index (χ2v) is 8.69. The summed E-state index contributed by atoms with van der Waals surface area (Å²) >= 11 is 1.60. The average Bonchev–Trinajstić information content (AvgIpc) is 3.30. The maximum Gasteiger partial charge on any atom is 0.251 e. The van der Waals surface area contributed by atoms with Crippen LogP contribution in [0.2, 0.25) is 0 Å². The van der Waals surface area contributed by atoms with E-state index in [1.807, 2.05) is 26.2 Å². The molecule has 0 saturated heterocycles. The Labute approximate surface area is 173 Å². The number of nitrogens with one attached hydrogen (secondary N) is 1. The fourth-order valence-electron chi connectivity index (χ4n) is 2.95. The fourth-order valence-corrected chi connectivity index (χ4v) is 3.55. The summed E-state index contributed by atoms with van der Waals surface area (Å²) in [5, 5.41) is 10.1. The van der Waals surface area contributed by atoms with Gasteiger partial charge in [-0.2, -0.15) is 4.98 Å².